The monoisotopic (exact) mass is 338 g/mol. The lowest BCUT2D eigenvalue weighted by Gasteiger charge is -2.33. The first kappa shape index (κ1) is 18.2. The third kappa shape index (κ3) is 4.71. The van der Waals surface area contributed by atoms with Crippen LogP contribution in [0.3, 0.4) is 0 Å². The molecule has 0 aliphatic heterocycles. The lowest BCUT2D eigenvalue weighted by atomic mass is 9.78. The molecule has 2 N–H and O–H groups in total. The van der Waals surface area contributed by atoms with Gasteiger partial charge in [0.2, 0.25) is 0 Å². The van der Waals surface area contributed by atoms with Crippen LogP contribution >= 0.6 is 0 Å². The highest BCUT2D eigenvalue weighted by atomic mass is 16.3. The maximum atomic E-state index is 11.0. The Balaban J connectivity index is 1.96. The Hall–Kier alpha value is -1.64. The predicted molar refractivity (Wildman–Crippen MR) is 104 cm³/mol. The van der Waals surface area contributed by atoms with E-state index in [1.807, 2.05) is 19.9 Å². The fourth-order valence-electron chi connectivity index (χ4n) is 4.08. The van der Waals surface area contributed by atoms with E-state index in [2.05, 4.69) is 42.5 Å². The Morgan fingerprint density at radius 2 is 1.36 bits per heavy atom. The van der Waals surface area contributed by atoms with Gasteiger partial charge in [0.1, 0.15) is 0 Å². The highest BCUT2D eigenvalue weighted by Crippen LogP contribution is 2.35. The van der Waals surface area contributed by atoms with Crippen LogP contribution in [0.15, 0.2) is 48.5 Å². The molecule has 0 unspecified atom stereocenters. The lowest BCUT2D eigenvalue weighted by Crippen LogP contribution is -2.34. The number of benzene rings is 2. The summed E-state index contributed by atoms with van der Waals surface area (Å²) >= 11 is 0. The molecule has 2 nitrogen and oxygen atoms in total. The SMILES string of the molecule is CC(C)(O)Cc1ccccc1-c1ccccc1CC1(O)CCCCC1. The average Bonchev–Trinajstić information content (AvgIpc) is 2.55. The van der Waals surface area contributed by atoms with E-state index < -0.39 is 11.2 Å². The summed E-state index contributed by atoms with van der Waals surface area (Å²) in [6, 6.07) is 16.7. The summed E-state index contributed by atoms with van der Waals surface area (Å²) in [6.45, 7) is 3.70. The number of hydrogen-bond donors (Lipinski definition) is 2. The molecule has 0 saturated heterocycles. The molecule has 0 aromatic heterocycles. The molecule has 1 aliphatic carbocycles. The van der Waals surface area contributed by atoms with Gasteiger partial charge in [-0.05, 0) is 48.9 Å². The second-order valence-electron chi connectivity index (χ2n) is 8.27. The maximum Gasteiger partial charge on any atom is 0.0688 e. The Morgan fingerprint density at radius 1 is 0.840 bits per heavy atom. The molecule has 2 aromatic carbocycles. The van der Waals surface area contributed by atoms with Crippen molar-refractivity contribution in [2.75, 3.05) is 0 Å². The van der Waals surface area contributed by atoms with E-state index in [0.717, 1.165) is 31.2 Å². The van der Waals surface area contributed by atoms with Gasteiger partial charge in [0, 0.05) is 12.8 Å². The van der Waals surface area contributed by atoms with Gasteiger partial charge in [0.05, 0.1) is 11.2 Å². The Kier molecular flexibility index (Phi) is 5.31. The average molecular weight is 338 g/mol. The van der Waals surface area contributed by atoms with Gasteiger partial charge in [-0.2, -0.15) is 0 Å². The van der Waals surface area contributed by atoms with Gasteiger partial charge in [0.15, 0.2) is 0 Å². The molecule has 1 aliphatic rings. The Morgan fingerprint density at radius 3 is 1.96 bits per heavy atom. The minimum absolute atomic E-state index is 0.570. The van der Waals surface area contributed by atoms with Crippen molar-refractivity contribution in [3.8, 4) is 11.1 Å². The van der Waals surface area contributed by atoms with E-state index in [9.17, 15) is 10.2 Å². The number of aliphatic hydroxyl groups is 2. The van der Waals surface area contributed by atoms with Gasteiger partial charge in [-0.25, -0.2) is 0 Å². The maximum absolute atomic E-state index is 11.0. The summed E-state index contributed by atoms with van der Waals surface area (Å²) in [5.41, 5.74) is 3.39. The zero-order chi connectivity index (χ0) is 17.9. The zero-order valence-electron chi connectivity index (χ0n) is 15.5. The van der Waals surface area contributed by atoms with Crippen molar-refractivity contribution in [1.82, 2.24) is 0 Å². The molecule has 25 heavy (non-hydrogen) atoms. The van der Waals surface area contributed by atoms with Crippen molar-refractivity contribution in [3.63, 3.8) is 0 Å². The second kappa shape index (κ2) is 7.31. The van der Waals surface area contributed by atoms with Crippen molar-refractivity contribution in [2.24, 2.45) is 0 Å². The highest BCUT2D eigenvalue weighted by Gasteiger charge is 2.30. The van der Waals surface area contributed by atoms with Crippen LogP contribution in [0.25, 0.3) is 11.1 Å². The molecule has 3 rings (SSSR count). The van der Waals surface area contributed by atoms with Crippen molar-refractivity contribution >= 4 is 0 Å². The second-order valence-corrected chi connectivity index (χ2v) is 8.27. The van der Waals surface area contributed by atoms with Crippen LogP contribution in [0.5, 0.6) is 0 Å². The van der Waals surface area contributed by atoms with Gasteiger partial charge < -0.3 is 10.2 Å². The Bertz CT molecular complexity index is 706. The molecular weight excluding hydrogens is 308 g/mol. The van der Waals surface area contributed by atoms with Gasteiger partial charge >= 0.3 is 0 Å². The van der Waals surface area contributed by atoms with E-state index >= 15 is 0 Å². The molecule has 0 spiro atoms. The standard InChI is InChI=1S/C23H30O2/c1-22(2,24)16-18-10-4-6-12-20(18)21-13-7-5-11-19(21)17-23(25)14-8-3-9-15-23/h4-7,10-13,24-25H,3,8-9,14-17H2,1-2H3. The molecule has 0 radical (unpaired) electrons. The molecule has 0 heterocycles. The van der Waals surface area contributed by atoms with E-state index in [0.29, 0.717) is 12.8 Å². The lowest BCUT2D eigenvalue weighted by molar-refractivity contribution is 0.00458. The van der Waals surface area contributed by atoms with Crippen LogP contribution in [0.1, 0.15) is 57.1 Å². The first-order chi connectivity index (χ1) is 11.9. The minimum atomic E-state index is -0.743. The van der Waals surface area contributed by atoms with Gasteiger partial charge in [0.25, 0.3) is 0 Å². The van der Waals surface area contributed by atoms with Gasteiger partial charge in [-0.1, -0.05) is 67.8 Å². The third-order valence-corrected chi connectivity index (χ3v) is 5.25. The first-order valence-corrected chi connectivity index (χ1v) is 9.47. The summed E-state index contributed by atoms with van der Waals surface area (Å²) < 4.78 is 0. The Labute approximate surface area is 151 Å². The van der Waals surface area contributed by atoms with Crippen molar-refractivity contribution in [1.29, 1.82) is 0 Å². The van der Waals surface area contributed by atoms with E-state index in [4.69, 9.17) is 0 Å². The summed E-state index contributed by atoms with van der Waals surface area (Å²) in [6.07, 6.45) is 6.58. The summed E-state index contributed by atoms with van der Waals surface area (Å²) in [7, 11) is 0. The van der Waals surface area contributed by atoms with Gasteiger partial charge in [-0.15, -0.1) is 0 Å². The molecule has 2 aromatic rings. The minimum Gasteiger partial charge on any atom is -0.390 e. The van der Waals surface area contributed by atoms with Crippen molar-refractivity contribution < 1.29 is 10.2 Å². The molecule has 134 valence electrons. The van der Waals surface area contributed by atoms with Crippen LogP contribution in [-0.2, 0) is 12.8 Å². The predicted octanol–water partition coefficient (Wildman–Crippen LogP) is 4.90. The summed E-state index contributed by atoms with van der Waals surface area (Å²) in [4.78, 5) is 0. The summed E-state index contributed by atoms with van der Waals surface area (Å²) in [5.74, 6) is 0. The topological polar surface area (TPSA) is 40.5 Å². The molecule has 1 fully saturated rings. The van der Waals surface area contributed by atoms with Crippen LogP contribution in [0.2, 0.25) is 0 Å². The van der Waals surface area contributed by atoms with Crippen molar-refractivity contribution in [3.05, 3.63) is 59.7 Å². The molecule has 0 atom stereocenters. The number of hydrogen-bond acceptors (Lipinski definition) is 2. The smallest absolute Gasteiger partial charge is 0.0688 e. The van der Waals surface area contributed by atoms with Crippen LogP contribution < -0.4 is 0 Å². The highest BCUT2D eigenvalue weighted by molar-refractivity contribution is 5.71. The molecule has 2 heteroatoms. The number of rotatable bonds is 5. The van der Waals surface area contributed by atoms with E-state index in [1.54, 1.807) is 0 Å². The van der Waals surface area contributed by atoms with E-state index in [-0.39, 0.29) is 0 Å². The largest absolute Gasteiger partial charge is 0.390 e. The third-order valence-electron chi connectivity index (χ3n) is 5.25. The zero-order valence-corrected chi connectivity index (χ0v) is 15.5. The molecular formula is C23H30O2. The van der Waals surface area contributed by atoms with E-state index in [1.165, 1.54) is 23.1 Å². The van der Waals surface area contributed by atoms with Crippen molar-refractivity contribution in [2.45, 2.75) is 70.0 Å². The quantitative estimate of drug-likeness (QED) is 0.813. The first-order valence-electron chi connectivity index (χ1n) is 9.47. The fourth-order valence-corrected chi connectivity index (χ4v) is 4.08. The normalized spacial score (nSPS) is 17.4. The fraction of sp³-hybridized carbons (Fsp3) is 0.478. The molecule has 1 saturated carbocycles. The van der Waals surface area contributed by atoms with Crippen LogP contribution in [0.4, 0.5) is 0 Å². The van der Waals surface area contributed by atoms with Crippen LogP contribution in [-0.4, -0.2) is 21.4 Å². The van der Waals surface area contributed by atoms with Gasteiger partial charge in [-0.3, -0.25) is 0 Å². The summed E-state index contributed by atoms with van der Waals surface area (Å²) in [5, 5.41) is 21.3. The van der Waals surface area contributed by atoms with Crippen LogP contribution in [0, 0.1) is 0 Å². The molecule has 0 amide bonds. The molecule has 0 bridgehead atoms.